The van der Waals surface area contributed by atoms with Gasteiger partial charge in [0.1, 0.15) is 11.5 Å². The van der Waals surface area contributed by atoms with Gasteiger partial charge in [-0.05, 0) is 56.5 Å². The van der Waals surface area contributed by atoms with E-state index in [1.54, 1.807) is 6.20 Å². The lowest BCUT2D eigenvalue weighted by atomic mass is 10.1. The first-order chi connectivity index (χ1) is 13.6. The minimum Gasteiger partial charge on any atom is -0.455 e. The second-order valence-electron chi connectivity index (χ2n) is 7.68. The van der Waals surface area contributed by atoms with Crippen LogP contribution in [0.5, 0.6) is 11.5 Å². The SMILES string of the molecule is Cc1ccc(Oc2ccc(C(=O)N3CCCN(C4CC4)CC3)cc2CN)cn1. The third-order valence-electron chi connectivity index (χ3n) is 5.52. The summed E-state index contributed by atoms with van der Waals surface area (Å²) in [5.74, 6) is 1.41. The molecule has 2 aromatic rings. The number of aryl methyl sites for hydroxylation is 1. The number of benzene rings is 1. The second kappa shape index (κ2) is 8.29. The van der Waals surface area contributed by atoms with Crippen LogP contribution in [0.25, 0.3) is 0 Å². The number of carbonyl (C=O) groups excluding carboxylic acids is 1. The molecule has 1 aromatic heterocycles. The third-order valence-corrected chi connectivity index (χ3v) is 5.52. The average Bonchev–Trinajstić information content (AvgIpc) is 3.56. The number of carbonyl (C=O) groups is 1. The van der Waals surface area contributed by atoms with Crippen molar-refractivity contribution in [2.75, 3.05) is 26.2 Å². The lowest BCUT2D eigenvalue weighted by Gasteiger charge is -2.22. The molecule has 1 aliphatic heterocycles. The van der Waals surface area contributed by atoms with Crippen LogP contribution < -0.4 is 10.5 Å². The predicted octanol–water partition coefficient (Wildman–Crippen LogP) is 2.95. The summed E-state index contributed by atoms with van der Waals surface area (Å²) in [7, 11) is 0. The van der Waals surface area contributed by atoms with E-state index in [1.165, 1.54) is 12.8 Å². The van der Waals surface area contributed by atoms with E-state index in [-0.39, 0.29) is 5.91 Å². The molecule has 0 spiro atoms. The van der Waals surface area contributed by atoms with Crippen LogP contribution in [-0.2, 0) is 6.54 Å². The first-order valence-corrected chi connectivity index (χ1v) is 10.1. The lowest BCUT2D eigenvalue weighted by molar-refractivity contribution is 0.0761. The molecule has 6 nitrogen and oxygen atoms in total. The van der Waals surface area contributed by atoms with Crippen molar-refractivity contribution >= 4 is 5.91 Å². The number of aromatic nitrogens is 1. The minimum absolute atomic E-state index is 0.0795. The van der Waals surface area contributed by atoms with Gasteiger partial charge in [-0.25, -0.2) is 0 Å². The van der Waals surface area contributed by atoms with Crippen LogP contribution in [0.1, 0.15) is 40.9 Å². The lowest BCUT2D eigenvalue weighted by Crippen LogP contribution is -2.35. The van der Waals surface area contributed by atoms with Crippen LogP contribution in [0.4, 0.5) is 0 Å². The smallest absolute Gasteiger partial charge is 0.253 e. The largest absolute Gasteiger partial charge is 0.455 e. The fraction of sp³-hybridized carbons (Fsp3) is 0.455. The van der Waals surface area contributed by atoms with Crippen LogP contribution in [0.2, 0.25) is 0 Å². The third kappa shape index (κ3) is 4.34. The van der Waals surface area contributed by atoms with Gasteiger partial charge in [-0.15, -0.1) is 0 Å². The number of hydrogen-bond donors (Lipinski definition) is 1. The monoisotopic (exact) mass is 380 g/mol. The van der Waals surface area contributed by atoms with Gasteiger partial charge in [0.2, 0.25) is 0 Å². The topological polar surface area (TPSA) is 71.7 Å². The van der Waals surface area contributed by atoms with E-state index in [0.29, 0.717) is 23.6 Å². The molecule has 0 radical (unpaired) electrons. The molecule has 0 unspecified atom stereocenters. The molecule has 1 aliphatic carbocycles. The van der Waals surface area contributed by atoms with Gasteiger partial charge in [-0.1, -0.05) is 0 Å². The Morgan fingerprint density at radius 2 is 2.04 bits per heavy atom. The quantitative estimate of drug-likeness (QED) is 0.863. The van der Waals surface area contributed by atoms with Gasteiger partial charge < -0.3 is 15.4 Å². The van der Waals surface area contributed by atoms with Crippen LogP contribution in [0, 0.1) is 6.92 Å². The van der Waals surface area contributed by atoms with Crippen molar-refractivity contribution in [3.8, 4) is 11.5 Å². The average molecular weight is 380 g/mol. The number of nitrogens with zero attached hydrogens (tertiary/aromatic N) is 3. The van der Waals surface area contributed by atoms with Crippen molar-refractivity contribution in [1.29, 1.82) is 0 Å². The Bertz CT molecular complexity index is 833. The molecule has 1 saturated heterocycles. The number of nitrogens with two attached hydrogens (primary N) is 1. The molecular weight excluding hydrogens is 352 g/mol. The van der Waals surface area contributed by atoms with E-state index in [0.717, 1.165) is 49.9 Å². The van der Waals surface area contributed by atoms with Gasteiger partial charge in [-0.2, -0.15) is 0 Å². The Labute approximate surface area is 166 Å². The molecule has 1 amide bonds. The minimum atomic E-state index is 0.0795. The highest BCUT2D eigenvalue weighted by atomic mass is 16.5. The maximum atomic E-state index is 13.0. The fourth-order valence-corrected chi connectivity index (χ4v) is 3.74. The van der Waals surface area contributed by atoms with Crippen molar-refractivity contribution in [3.63, 3.8) is 0 Å². The molecule has 28 heavy (non-hydrogen) atoms. The summed E-state index contributed by atoms with van der Waals surface area (Å²) in [5, 5.41) is 0. The number of hydrogen-bond acceptors (Lipinski definition) is 5. The summed E-state index contributed by atoms with van der Waals surface area (Å²) < 4.78 is 5.93. The Morgan fingerprint density at radius 3 is 2.75 bits per heavy atom. The summed E-state index contributed by atoms with van der Waals surface area (Å²) in [5.41, 5.74) is 8.36. The molecule has 2 aliphatic rings. The van der Waals surface area contributed by atoms with Gasteiger partial charge in [0, 0.05) is 55.6 Å². The predicted molar refractivity (Wildman–Crippen MR) is 108 cm³/mol. The zero-order chi connectivity index (χ0) is 19.5. The molecule has 4 rings (SSSR count). The zero-order valence-corrected chi connectivity index (χ0v) is 16.4. The standard InChI is InChI=1S/C22H28N4O2/c1-16-3-7-20(15-24-16)28-21-8-4-17(13-18(21)14-23)22(27)26-10-2-9-25(11-12-26)19-5-6-19/h3-4,7-8,13,15,19H,2,5-6,9-12,14,23H2,1H3. The summed E-state index contributed by atoms with van der Waals surface area (Å²) in [6.07, 6.45) is 5.35. The highest BCUT2D eigenvalue weighted by molar-refractivity contribution is 5.94. The Morgan fingerprint density at radius 1 is 1.18 bits per heavy atom. The molecule has 2 heterocycles. The van der Waals surface area contributed by atoms with Gasteiger partial charge in [0.25, 0.3) is 5.91 Å². The second-order valence-corrected chi connectivity index (χ2v) is 7.68. The van der Waals surface area contributed by atoms with Gasteiger partial charge in [-0.3, -0.25) is 14.7 Å². The maximum Gasteiger partial charge on any atom is 0.253 e. The van der Waals surface area contributed by atoms with E-state index < -0.39 is 0 Å². The van der Waals surface area contributed by atoms with Crippen LogP contribution >= 0.6 is 0 Å². The van der Waals surface area contributed by atoms with Crippen LogP contribution in [0.15, 0.2) is 36.5 Å². The van der Waals surface area contributed by atoms with E-state index in [1.807, 2.05) is 42.2 Å². The normalized spacial score (nSPS) is 18.0. The number of pyridine rings is 1. The first kappa shape index (κ1) is 18.9. The van der Waals surface area contributed by atoms with Crippen molar-refractivity contribution in [2.45, 2.75) is 38.8 Å². The van der Waals surface area contributed by atoms with Crippen LogP contribution in [-0.4, -0.2) is 52.9 Å². The van der Waals surface area contributed by atoms with E-state index in [2.05, 4.69) is 9.88 Å². The van der Waals surface area contributed by atoms with Crippen molar-refractivity contribution in [3.05, 3.63) is 53.3 Å². The summed E-state index contributed by atoms with van der Waals surface area (Å²) in [6, 6.07) is 10.1. The molecule has 6 heteroatoms. The van der Waals surface area contributed by atoms with Gasteiger partial charge in [0.15, 0.2) is 0 Å². The molecule has 0 bridgehead atoms. The molecule has 1 aromatic carbocycles. The highest BCUT2D eigenvalue weighted by Gasteiger charge is 2.31. The molecule has 148 valence electrons. The number of amides is 1. The van der Waals surface area contributed by atoms with Crippen molar-refractivity contribution in [2.24, 2.45) is 5.73 Å². The van der Waals surface area contributed by atoms with E-state index in [9.17, 15) is 4.79 Å². The molecular formula is C22H28N4O2. The van der Waals surface area contributed by atoms with E-state index in [4.69, 9.17) is 10.5 Å². The van der Waals surface area contributed by atoms with Gasteiger partial charge in [0.05, 0.1) is 6.20 Å². The van der Waals surface area contributed by atoms with Crippen LogP contribution in [0.3, 0.4) is 0 Å². The molecule has 2 N–H and O–H groups in total. The Balaban J connectivity index is 1.46. The summed E-state index contributed by atoms with van der Waals surface area (Å²) >= 11 is 0. The summed E-state index contributed by atoms with van der Waals surface area (Å²) in [4.78, 5) is 21.8. The zero-order valence-electron chi connectivity index (χ0n) is 16.4. The van der Waals surface area contributed by atoms with Crippen molar-refractivity contribution < 1.29 is 9.53 Å². The Kier molecular flexibility index (Phi) is 5.59. The van der Waals surface area contributed by atoms with Gasteiger partial charge >= 0.3 is 0 Å². The maximum absolute atomic E-state index is 13.0. The Hall–Kier alpha value is -2.44. The number of ether oxygens (including phenoxy) is 1. The van der Waals surface area contributed by atoms with E-state index >= 15 is 0 Å². The first-order valence-electron chi connectivity index (χ1n) is 10.1. The highest BCUT2D eigenvalue weighted by Crippen LogP contribution is 2.29. The summed E-state index contributed by atoms with van der Waals surface area (Å²) in [6.45, 7) is 5.92. The molecule has 1 saturated carbocycles. The molecule has 2 fully saturated rings. The molecule has 0 atom stereocenters. The number of rotatable bonds is 5. The fourth-order valence-electron chi connectivity index (χ4n) is 3.74. The van der Waals surface area contributed by atoms with Crippen molar-refractivity contribution in [1.82, 2.24) is 14.8 Å².